The number of benzene rings is 2. The summed E-state index contributed by atoms with van der Waals surface area (Å²) >= 11 is 0. The van der Waals surface area contributed by atoms with E-state index in [9.17, 15) is 4.79 Å². The van der Waals surface area contributed by atoms with Crippen molar-refractivity contribution < 1.29 is 14.5 Å². The fraction of sp³-hybridized carbons (Fsp3) is 0.111. The Labute approximate surface area is 128 Å². The standard InChI is InChI=1S/C18H16N2O2/c21-13-19-18(22)16-8-4-10-20(12-16)11-15-7-3-6-14-5-1-2-9-17(14)15/h1-10,12,21H,11,13H2/p+1. The molecule has 0 aliphatic heterocycles. The Kier molecular flexibility index (Phi) is 4.12. The van der Waals surface area contributed by atoms with E-state index in [1.54, 1.807) is 12.3 Å². The van der Waals surface area contributed by atoms with E-state index in [0.29, 0.717) is 12.1 Å². The highest BCUT2D eigenvalue weighted by atomic mass is 16.3. The molecule has 0 aliphatic carbocycles. The summed E-state index contributed by atoms with van der Waals surface area (Å²) in [6, 6.07) is 18.0. The zero-order valence-electron chi connectivity index (χ0n) is 12.1. The molecule has 1 heterocycles. The number of fused-ring (bicyclic) bond motifs is 1. The number of aromatic nitrogens is 1. The summed E-state index contributed by atoms with van der Waals surface area (Å²) in [4.78, 5) is 11.8. The maximum absolute atomic E-state index is 11.8. The molecule has 0 bridgehead atoms. The van der Waals surface area contributed by atoms with Crippen molar-refractivity contribution in [1.82, 2.24) is 5.32 Å². The molecular formula is C18H17N2O2+. The van der Waals surface area contributed by atoms with Gasteiger partial charge in [-0.1, -0.05) is 42.5 Å². The Morgan fingerprint density at radius 3 is 2.73 bits per heavy atom. The van der Waals surface area contributed by atoms with Gasteiger partial charge in [0, 0.05) is 11.6 Å². The molecule has 0 spiro atoms. The minimum absolute atomic E-state index is 0.283. The molecule has 2 aromatic carbocycles. The van der Waals surface area contributed by atoms with Gasteiger partial charge in [-0.2, -0.15) is 4.57 Å². The highest BCUT2D eigenvalue weighted by Crippen LogP contribution is 2.18. The number of nitrogens with one attached hydrogen (secondary N) is 1. The van der Waals surface area contributed by atoms with Gasteiger partial charge in [0.05, 0.1) is 0 Å². The lowest BCUT2D eigenvalue weighted by Gasteiger charge is -2.05. The first kappa shape index (κ1) is 14.2. The van der Waals surface area contributed by atoms with E-state index in [1.807, 2.05) is 35.0 Å². The molecule has 0 fully saturated rings. The summed E-state index contributed by atoms with van der Waals surface area (Å²) in [7, 11) is 0. The van der Waals surface area contributed by atoms with Gasteiger partial charge in [-0.15, -0.1) is 0 Å². The molecule has 2 N–H and O–H groups in total. The van der Waals surface area contributed by atoms with Crippen LogP contribution >= 0.6 is 0 Å². The number of carbonyl (C=O) groups excluding carboxylic acids is 1. The van der Waals surface area contributed by atoms with Crippen LogP contribution in [-0.4, -0.2) is 17.7 Å². The predicted octanol–water partition coefficient (Wildman–Crippen LogP) is 1.86. The van der Waals surface area contributed by atoms with E-state index >= 15 is 0 Å². The van der Waals surface area contributed by atoms with Crippen LogP contribution < -0.4 is 9.88 Å². The number of rotatable bonds is 4. The molecule has 0 saturated heterocycles. The smallest absolute Gasteiger partial charge is 0.259 e. The minimum atomic E-state index is -0.364. The molecule has 22 heavy (non-hydrogen) atoms. The van der Waals surface area contributed by atoms with Gasteiger partial charge in [-0.3, -0.25) is 4.79 Å². The maximum Gasteiger partial charge on any atom is 0.259 e. The van der Waals surface area contributed by atoms with E-state index in [4.69, 9.17) is 5.11 Å². The molecule has 4 nitrogen and oxygen atoms in total. The number of hydrogen-bond donors (Lipinski definition) is 2. The molecule has 1 amide bonds. The molecule has 0 radical (unpaired) electrons. The topological polar surface area (TPSA) is 53.2 Å². The predicted molar refractivity (Wildman–Crippen MR) is 84.2 cm³/mol. The summed E-state index contributed by atoms with van der Waals surface area (Å²) in [5.74, 6) is -0.283. The molecule has 0 saturated carbocycles. The average Bonchev–Trinajstić information content (AvgIpc) is 2.56. The molecule has 3 aromatic rings. The van der Waals surface area contributed by atoms with Crippen molar-refractivity contribution in [3.05, 3.63) is 78.1 Å². The fourth-order valence-corrected chi connectivity index (χ4v) is 2.56. The van der Waals surface area contributed by atoms with E-state index in [0.717, 1.165) is 0 Å². The van der Waals surface area contributed by atoms with Crippen LogP contribution in [0.3, 0.4) is 0 Å². The first-order valence-electron chi connectivity index (χ1n) is 7.13. The van der Waals surface area contributed by atoms with Gasteiger partial charge >= 0.3 is 0 Å². The van der Waals surface area contributed by atoms with Crippen LogP contribution in [0.15, 0.2) is 67.0 Å². The number of amides is 1. The molecule has 1 aromatic heterocycles. The second-order valence-corrected chi connectivity index (χ2v) is 5.07. The lowest BCUT2D eigenvalue weighted by molar-refractivity contribution is -0.688. The van der Waals surface area contributed by atoms with Crippen LogP contribution in [0.1, 0.15) is 15.9 Å². The third kappa shape index (κ3) is 2.97. The Hall–Kier alpha value is -2.72. The van der Waals surface area contributed by atoms with Gasteiger partial charge in [0.1, 0.15) is 12.3 Å². The third-order valence-corrected chi connectivity index (χ3v) is 3.59. The van der Waals surface area contributed by atoms with Crippen molar-refractivity contribution in [1.29, 1.82) is 0 Å². The number of nitrogens with zero attached hydrogens (tertiary/aromatic N) is 1. The number of aliphatic hydroxyl groups is 1. The normalized spacial score (nSPS) is 10.6. The lowest BCUT2D eigenvalue weighted by Crippen LogP contribution is -2.36. The Morgan fingerprint density at radius 2 is 1.86 bits per heavy atom. The van der Waals surface area contributed by atoms with Crippen LogP contribution in [0.2, 0.25) is 0 Å². The van der Waals surface area contributed by atoms with E-state index in [2.05, 4.69) is 29.6 Å². The minimum Gasteiger partial charge on any atom is -0.376 e. The molecule has 110 valence electrons. The highest BCUT2D eigenvalue weighted by Gasteiger charge is 2.11. The highest BCUT2D eigenvalue weighted by molar-refractivity contribution is 5.93. The van der Waals surface area contributed by atoms with Gasteiger partial charge < -0.3 is 10.4 Å². The summed E-state index contributed by atoms with van der Waals surface area (Å²) in [5.41, 5.74) is 1.72. The summed E-state index contributed by atoms with van der Waals surface area (Å²) < 4.78 is 1.97. The first-order valence-corrected chi connectivity index (χ1v) is 7.13. The van der Waals surface area contributed by atoms with E-state index < -0.39 is 0 Å². The molecule has 4 heteroatoms. The van der Waals surface area contributed by atoms with E-state index in [1.165, 1.54) is 16.3 Å². The summed E-state index contributed by atoms with van der Waals surface area (Å²) in [6.45, 7) is 0.318. The third-order valence-electron chi connectivity index (χ3n) is 3.59. The Morgan fingerprint density at radius 1 is 1.05 bits per heavy atom. The monoisotopic (exact) mass is 293 g/mol. The first-order chi connectivity index (χ1) is 10.8. The van der Waals surface area contributed by atoms with Crippen molar-refractivity contribution in [3.63, 3.8) is 0 Å². The Bertz CT molecular complexity index is 810. The van der Waals surface area contributed by atoms with Crippen molar-refractivity contribution >= 4 is 16.7 Å². The van der Waals surface area contributed by atoms with Crippen LogP contribution in [0.25, 0.3) is 10.8 Å². The largest absolute Gasteiger partial charge is 0.376 e. The summed E-state index contributed by atoms with van der Waals surface area (Å²) in [6.07, 6.45) is 3.71. The van der Waals surface area contributed by atoms with Gasteiger partial charge in [0.15, 0.2) is 18.9 Å². The van der Waals surface area contributed by atoms with Crippen LogP contribution in [-0.2, 0) is 6.54 Å². The average molecular weight is 293 g/mol. The van der Waals surface area contributed by atoms with Crippen LogP contribution in [0, 0.1) is 0 Å². The molecule has 0 atom stereocenters. The van der Waals surface area contributed by atoms with Crippen LogP contribution in [0.4, 0.5) is 0 Å². The van der Waals surface area contributed by atoms with Crippen molar-refractivity contribution in [2.75, 3.05) is 6.73 Å². The van der Waals surface area contributed by atoms with E-state index in [-0.39, 0.29) is 12.6 Å². The van der Waals surface area contributed by atoms with Crippen molar-refractivity contribution in [2.45, 2.75) is 6.54 Å². The number of hydrogen-bond acceptors (Lipinski definition) is 2. The summed E-state index contributed by atoms with van der Waals surface area (Å²) in [5, 5.41) is 13.6. The van der Waals surface area contributed by atoms with Crippen molar-refractivity contribution in [2.24, 2.45) is 0 Å². The fourth-order valence-electron chi connectivity index (χ4n) is 2.56. The zero-order chi connectivity index (χ0) is 15.4. The second-order valence-electron chi connectivity index (χ2n) is 5.07. The second kappa shape index (κ2) is 6.37. The lowest BCUT2D eigenvalue weighted by atomic mass is 10.0. The molecule has 0 aliphatic rings. The number of aliphatic hydroxyl groups excluding tert-OH is 1. The molecular weight excluding hydrogens is 276 g/mol. The van der Waals surface area contributed by atoms with Gasteiger partial charge in [-0.25, -0.2) is 0 Å². The zero-order valence-corrected chi connectivity index (χ0v) is 12.1. The number of pyridine rings is 1. The van der Waals surface area contributed by atoms with Crippen molar-refractivity contribution in [3.8, 4) is 0 Å². The van der Waals surface area contributed by atoms with Gasteiger partial charge in [0.25, 0.3) is 5.91 Å². The van der Waals surface area contributed by atoms with Gasteiger partial charge in [0.2, 0.25) is 0 Å². The van der Waals surface area contributed by atoms with Crippen LogP contribution in [0.5, 0.6) is 0 Å². The Balaban J connectivity index is 1.92. The maximum atomic E-state index is 11.8. The SMILES string of the molecule is O=C(NCO)c1ccc[n+](Cc2cccc3ccccc23)c1. The molecule has 0 unspecified atom stereocenters. The molecule has 3 rings (SSSR count). The van der Waals surface area contributed by atoms with Gasteiger partial charge in [-0.05, 0) is 16.8 Å². The quantitative estimate of drug-likeness (QED) is 0.570. The number of carbonyl (C=O) groups is 1.